The molecule has 1 aromatic carbocycles. The van der Waals surface area contributed by atoms with Crippen molar-refractivity contribution in [1.29, 1.82) is 0 Å². The Morgan fingerprint density at radius 1 is 1.26 bits per heavy atom. The second-order valence-electron chi connectivity index (χ2n) is 6.73. The van der Waals surface area contributed by atoms with Gasteiger partial charge in [0.05, 0.1) is 5.69 Å². The minimum Gasteiger partial charge on any atom is -0.352 e. The van der Waals surface area contributed by atoms with Crippen LogP contribution in [0.25, 0.3) is 16.9 Å². The van der Waals surface area contributed by atoms with Crippen molar-refractivity contribution in [3.63, 3.8) is 0 Å². The number of amides is 1. The molecule has 0 saturated heterocycles. The number of nitrogens with one attached hydrogen (secondary N) is 1. The van der Waals surface area contributed by atoms with Crippen LogP contribution in [0.4, 0.5) is 0 Å². The van der Waals surface area contributed by atoms with E-state index in [-0.39, 0.29) is 24.0 Å². The largest absolute Gasteiger partial charge is 0.352 e. The van der Waals surface area contributed by atoms with E-state index in [1.165, 1.54) is 22.0 Å². The summed E-state index contributed by atoms with van der Waals surface area (Å²) in [6.07, 6.45) is 6.82. The Morgan fingerprint density at radius 2 is 2.07 bits per heavy atom. The van der Waals surface area contributed by atoms with Crippen molar-refractivity contribution < 1.29 is 4.79 Å². The molecule has 27 heavy (non-hydrogen) atoms. The molecule has 1 amide bonds. The predicted molar refractivity (Wildman–Crippen MR) is 101 cm³/mol. The summed E-state index contributed by atoms with van der Waals surface area (Å²) in [5.74, 6) is -0.188. The second kappa shape index (κ2) is 7.48. The zero-order valence-electron chi connectivity index (χ0n) is 14.6. The predicted octanol–water partition coefficient (Wildman–Crippen LogP) is 2.08. The molecule has 9 heteroatoms. The Kier molecular flexibility index (Phi) is 4.89. The van der Waals surface area contributed by atoms with Gasteiger partial charge in [0, 0.05) is 11.1 Å². The van der Waals surface area contributed by atoms with Gasteiger partial charge in [0.25, 0.3) is 5.56 Å². The van der Waals surface area contributed by atoms with E-state index >= 15 is 0 Å². The highest BCUT2D eigenvalue weighted by Gasteiger charge is 2.18. The normalized spacial score (nSPS) is 15.1. The van der Waals surface area contributed by atoms with Crippen LogP contribution >= 0.6 is 11.6 Å². The molecule has 1 saturated carbocycles. The lowest BCUT2D eigenvalue weighted by Crippen LogP contribution is -2.39. The molecule has 4 rings (SSSR count). The van der Waals surface area contributed by atoms with E-state index < -0.39 is 5.56 Å². The zero-order chi connectivity index (χ0) is 18.8. The molecule has 1 N–H and O–H groups in total. The first-order valence-corrected chi connectivity index (χ1v) is 9.36. The lowest BCUT2D eigenvalue weighted by atomic mass is 9.95. The van der Waals surface area contributed by atoms with Gasteiger partial charge in [-0.15, -0.1) is 5.10 Å². The van der Waals surface area contributed by atoms with Gasteiger partial charge in [-0.2, -0.15) is 4.68 Å². The van der Waals surface area contributed by atoms with E-state index in [1.807, 2.05) is 0 Å². The van der Waals surface area contributed by atoms with Gasteiger partial charge in [0.1, 0.15) is 12.9 Å². The van der Waals surface area contributed by atoms with Crippen molar-refractivity contribution in [3.8, 4) is 5.69 Å². The maximum Gasteiger partial charge on any atom is 0.284 e. The second-order valence-corrected chi connectivity index (χ2v) is 7.17. The molecule has 1 fully saturated rings. The van der Waals surface area contributed by atoms with E-state index in [2.05, 4.69) is 20.6 Å². The number of fused-ring (bicyclic) bond motifs is 1. The average Bonchev–Trinajstić information content (AvgIpc) is 3.10. The third-order valence-electron chi connectivity index (χ3n) is 4.77. The third-order valence-corrected chi connectivity index (χ3v) is 5.00. The quantitative estimate of drug-likeness (QED) is 0.740. The Morgan fingerprint density at radius 3 is 2.85 bits per heavy atom. The molecular weight excluding hydrogens is 368 g/mol. The Balaban J connectivity index is 1.58. The van der Waals surface area contributed by atoms with Gasteiger partial charge in [-0.05, 0) is 31.0 Å². The molecule has 0 radical (unpaired) electrons. The standard InChI is InChI=1S/C18H19ClN6O2/c19-12-5-4-8-14(9-12)25-17-16(22-23-25)18(27)24(11-20-17)10-15(26)21-13-6-2-1-3-7-13/h4-5,8-9,11,13H,1-3,6-7,10H2,(H,21,26). The van der Waals surface area contributed by atoms with Gasteiger partial charge >= 0.3 is 0 Å². The minimum atomic E-state index is -0.396. The van der Waals surface area contributed by atoms with E-state index in [0.29, 0.717) is 16.4 Å². The van der Waals surface area contributed by atoms with Crippen molar-refractivity contribution in [3.05, 3.63) is 46.0 Å². The summed E-state index contributed by atoms with van der Waals surface area (Å²) in [6.45, 7) is -0.0811. The molecule has 1 aliphatic rings. The molecule has 8 nitrogen and oxygen atoms in total. The fourth-order valence-electron chi connectivity index (χ4n) is 3.41. The number of nitrogens with zero attached hydrogens (tertiary/aromatic N) is 5. The highest BCUT2D eigenvalue weighted by molar-refractivity contribution is 6.30. The molecule has 0 aliphatic heterocycles. The summed E-state index contributed by atoms with van der Waals surface area (Å²) >= 11 is 6.01. The zero-order valence-corrected chi connectivity index (χ0v) is 15.4. The number of hydrogen-bond donors (Lipinski definition) is 1. The summed E-state index contributed by atoms with van der Waals surface area (Å²) in [7, 11) is 0. The highest BCUT2D eigenvalue weighted by atomic mass is 35.5. The smallest absolute Gasteiger partial charge is 0.284 e. The SMILES string of the molecule is O=C(Cn1cnc2c(nnn2-c2cccc(Cl)c2)c1=O)NC1CCCCC1. The van der Waals surface area contributed by atoms with Gasteiger partial charge in [-0.3, -0.25) is 14.2 Å². The number of carbonyl (C=O) groups is 1. The topological polar surface area (TPSA) is 94.7 Å². The number of aromatic nitrogens is 5. The molecule has 0 spiro atoms. The third kappa shape index (κ3) is 3.71. The van der Waals surface area contributed by atoms with Crippen LogP contribution in [0.5, 0.6) is 0 Å². The first-order valence-electron chi connectivity index (χ1n) is 8.98. The lowest BCUT2D eigenvalue weighted by Gasteiger charge is -2.22. The van der Waals surface area contributed by atoms with Crippen LogP contribution in [-0.2, 0) is 11.3 Å². The minimum absolute atomic E-state index is 0.0811. The maximum absolute atomic E-state index is 12.7. The number of carbonyl (C=O) groups excluding carboxylic acids is 1. The summed E-state index contributed by atoms with van der Waals surface area (Å²) in [5, 5.41) is 11.5. The van der Waals surface area contributed by atoms with Crippen molar-refractivity contribution in [2.24, 2.45) is 0 Å². The van der Waals surface area contributed by atoms with Crippen LogP contribution < -0.4 is 10.9 Å². The number of halogens is 1. The highest BCUT2D eigenvalue weighted by Crippen LogP contribution is 2.18. The summed E-state index contributed by atoms with van der Waals surface area (Å²) in [6, 6.07) is 7.23. The molecule has 0 atom stereocenters. The van der Waals surface area contributed by atoms with Crippen molar-refractivity contribution in [1.82, 2.24) is 29.9 Å². The van der Waals surface area contributed by atoms with Crippen LogP contribution in [-0.4, -0.2) is 36.5 Å². The molecule has 3 aromatic rings. The Bertz CT molecular complexity index is 1040. The fraction of sp³-hybridized carbons (Fsp3) is 0.389. The molecule has 0 bridgehead atoms. The number of benzene rings is 1. The monoisotopic (exact) mass is 386 g/mol. The van der Waals surface area contributed by atoms with Crippen molar-refractivity contribution in [2.75, 3.05) is 0 Å². The van der Waals surface area contributed by atoms with Crippen LogP contribution in [0, 0.1) is 0 Å². The maximum atomic E-state index is 12.7. The first-order chi connectivity index (χ1) is 13.1. The number of rotatable bonds is 4. The van der Waals surface area contributed by atoms with E-state index in [1.54, 1.807) is 24.3 Å². The van der Waals surface area contributed by atoms with Crippen LogP contribution in [0.2, 0.25) is 5.02 Å². The summed E-state index contributed by atoms with van der Waals surface area (Å²) in [4.78, 5) is 29.2. The molecular formula is C18H19ClN6O2. The van der Waals surface area contributed by atoms with Gasteiger partial charge in [0.2, 0.25) is 5.91 Å². The molecule has 0 unspecified atom stereocenters. The van der Waals surface area contributed by atoms with Crippen LogP contribution in [0.15, 0.2) is 35.4 Å². The van der Waals surface area contributed by atoms with Crippen LogP contribution in [0.1, 0.15) is 32.1 Å². The Hall–Kier alpha value is -2.74. The Labute approximate surface area is 160 Å². The fourth-order valence-corrected chi connectivity index (χ4v) is 3.60. The molecule has 1 aliphatic carbocycles. The van der Waals surface area contributed by atoms with Crippen molar-refractivity contribution in [2.45, 2.75) is 44.7 Å². The summed E-state index contributed by atoms with van der Waals surface area (Å²) < 4.78 is 2.71. The molecule has 140 valence electrons. The molecule has 2 heterocycles. The van der Waals surface area contributed by atoms with Crippen molar-refractivity contribution >= 4 is 28.7 Å². The number of hydrogen-bond acceptors (Lipinski definition) is 5. The van der Waals surface area contributed by atoms with E-state index in [0.717, 1.165) is 25.7 Å². The van der Waals surface area contributed by atoms with Gasteiger partial charge in [-0.25, -0.2) is 4.98 Å². The summed E-state index contributed by atoms with van der Waals surface area (Å²) in [5.41, 5.74) is 0.700. The van der Waals surface area contributed by atoms with Crippen LogP contribution in [0.3, 0.4) is 0 Å². The van der Waals surface area contributed by atoms with Gasteiger partial charge in [-0.1, -0.05) is 42.1 Å². The molecule has 2 aromatic heterocycles. The van der Waals surface area contributed by atoms with E-state index in [9.17, 15) is 9.59 Å². The lowest BCUT2D eigenvalue weighted by molar-refractivity contribution is -0.122. The first kappa shape index (κ1) is 17.7. The van der Waals surface area contributed by atoms with E-state index in [4.69, 9.17) is 11.6 Å². The van der Waals surface area contributed by atoms with Gasteiger partial charge in [0.15, 0.2) is 11.2 Å². The van der Waals surface area contributed by atoms with Gasteiger partial charge < -0.3 is 5.32 Å². The average molecular weight is 387 g/mol.